The highest BCUT2D eigenvalue weighted by Crippen LogP contribution is 2.31. The highest BCUT2D eigenvalue weighted by atomic mass is 19.4. The monoisotopic (exact) mass is 458 g/mol. The quantitative estimate of drug-likeness (QED) is 0.307. The summed E-state index contributed by atoms with van der Waals surface area (Å²) in [6.45, 7) is 0.197. The van der Waals surface area contributed by atoms with Gasteiger partial charge in [-0.05, 0) is 29.4 Å². The Bertz CT molecular complexity index is 1460. The molecule has 0 unspecified atom stereocenters. The third kappa shape index (κ3) is 4.04. The van der Waals surface area contributed by atoms with E-state index in [-0.39, 0.29) is 17.9 Å². The van der Waals surface area contributed by atoms with Gasteiger partial charge in [-0.2, -0.15) is 13.2 Å². The molecule has 0 bridgehead atoms. The van der Waals surface area contributed by atoms with Crippen molar-refractivity contribution < 1.29 is 31.2 Å². The Morgan fingerprint density at radius 1 is 1.03 bits per heavy atom. The van der Waals surface area contributed by atoms with Crippen LogP contribution in [0.2, 0.25) is 0 Å². The second-order valence-corrected chi connectivity index (χ2v) is 7.21. The summed E-state index contributed by atoms with van der Waals surface area (Å²) in [6, 6.07) is 9.98. The molecule has 0 aliphatic carbocycles. The van der Waals surface area contributed by atoms with Crippen LogP contribution >= 0.6 is 0 Å². The number of aromatic nitrogens is 5. The number of H-pyrrole nitrogens is 1. The smallest absolute Gasteiger partial charge is 0.356 e. The zero-order valence-corrected chi connectivity index (χ0v) is 16.6. The van der Waals surface area contributed by atoms with E-state index in [2.05, 4.69) is 20.2 Å². The Balaban J connectivity index is 1.38. The number of nitrogens with one attached hydrogen (secondary N) is 1. The molecule has 1 N–H and O–H groups in total. The Labute approximate surface area is 182 Å². The maximum absolute atomic E-state index is 14.1. The minimum atomic E-state index is -4.42. The lowest BCUT2D eigenvalue weighted by Crippen LogP contribution is -2.38. The highest BCUT2D eigenvalue weighted by Gasteiger charge is 2.30. The summed E-state index contributed by atoms with van der Waals surface area (Å²) in [6.07, 6.45) is -1.34. The Morgan fingerprint density at radius 3 is 2.58 bits per heavy atom. The van der Waals surface area contributed by atoms with E-state index < -0.39 is 23.4 Å². The van der Waals surface area contributed by atoms with Crippen molar-refractivity contribution in [3.05, 3.63) is 83.8 Å². The van der Waals surface area contributed by atoms with Gasteiger partial charge in [0.25, 0.3) is 0 Å². The lowest BCUT2D eigenvalue weighted by atomic mass is 10.1. The van der Waals surface area contributed by atoms with Crippen molar-refractivity contribution >= 4 is 11.0 Å². The van der Waals surface area contributed by atoms with Gasteiger partial charge in [-0.3, -0.25) is 0 Å². The summed E-state index contributed by atoms with van der Waals surface area (Å²) >= 11 is 0. The molecule has 5 aromatic rings. The average Bonchev–Trinajstić information content (AvgIpc) is 3.42. The van der Waals surface area contributed by atoms with Crippen molar-refractivity contribution in [1.82, 2.24) is 20.2 Å². The zero-order chi connectivity index (χ0) is 23.2. The molecule has 3 aromatic heterocycles. The number of aromatic amines is 1. The van der Waals surface area contributed by atoms with Crippen LogP contribution in [0.25, 0.3) is 33.7 Å². The van der Waals surface area contributed by atoms with Gasteiger partial charge in [0, 0.05) is 11.6 Å². The molecule has 0 atom stereocenters. The predicted octanol–water partition coefficient (Wildman–Crippen LogP) is 4.91. The molecule has 0 aliphatic rings. The molecule has 0 fully saturated rings. The van der Waals surface area contributed by atoms with Crippen molar-refractivity contribution in [2.24, 2.45) is 0 Å². The number of rotatable bonds is 4. The largest absolute Gasteiger partial charge is 0.416 e. The van der Waals surface area contributed by atoms with Gasteiger partial charge in [0.2, 0.25) is 12.7 Å². The van der Waals surface area contributed by atoms with E-state index in [0.29, 0.717) is 28.1 Å². The standard InChI is InChI=1S/C22H12F5N5O/c23-16-3-1-2-15(20(16)24)21-29-17-9-28-32(11-18(17)30-21)10-14-8-19(33-31-14)12-4-6-13(7-5-12)22(25,26)27/h1-9,11H,10H2/p+1. The van der Waals surface area contributed by atoms with Gasteiger partial charge in [-0.15, -0.1) is 0 Å². The van der Waals surface area contributed by atoms with Crippen molar-refractivity contribution in [1.29, 1.82) is 0 Å². The first-order valence-corrected chi connectivity index (χ1v) is 9.61. The first-order valence-electron chi connectivity index (χ1n) is 9.61. The molecule has 0 saturated heterocycles. The van der Waals surface area contributed by atoms with E-state index in [1.807, 2.05) is 0 Å². The third-order valence-electron chi connectivity index (χ3n) is 4.95. The number of alkyl halides is 3. The van der Waals surface area contributed by atoms with Gasteiger partial charge in [-0.1, -0.05) is 28.0 Å². The Kier molecular flexibility index (Phi) is 4.88. The maximum atomic E-state index is 14.1. The summed E-state index contributed by atoms with van der Waals surface area (Å²) in [4.78, 5) is 7.19. The normalized spacial score (nSPS) is 11.9. The van der Waals surface area contributed by atoms with E-state index in [0.717, 1.165) is 18.2 Å². The molecule has 0 radical (unpaired) electrons. The van der Waals surface area contributed by atoms with E-state index in [9.17, 15) is 22.0 Å². The van der Waals surface area contributed by atoms with E-state index in [1.165, 1.54) is 35.1 Å². The molecule has 2 aromatic carbocycles. The molecule has 3 heterocycles. The zero-order valence-electron chi connectivity index (χ0n) is 16.6. The first-order chi connectivity index (χ1) is 15.8. The van der Waals surface area contributed by atoms with Gasteiger partial charge in [-0.25, -0.2) is 13.8 Å². The second-order valence-electron chi connectivity index (χ2n) is 7.21. The van der Waals surface area contributed by atoms with Crippen LogP contribution in [-0.2, 0) is 12.7 Å². The highest BCUT2D eigenvalue weighted by molar-refractivity contribution is 5.77. The number of imidazole rings is 1. The Morgan fingerprint density at radius 2 is 1.82 bits per heavy atom. The van der Waals surface area contributed by atoms with Crippen molar-refractivity contribution in [2.45, 2.75) is 12.7 Å². The van der Waals surface area contributed by atoms with Gasteiger partial charge < -0.3 is 9.51 Å². The van der Waals surface area contributed by atoms with E-state index in [4.69, 9.17) is 4.52 Å². The van der Waals surface area contributed by atoms with Gasteiger partial charge in [0.15, 0.2) is 23.1 Å². The molecule has 0 saturated carbocycles. The average molecular weight is 458 g/mol. The minimum Gasteiger partial charge on any atom is -0.356 e. The summed E-state index contributed by atoms with van der Waals surface area (Å²) in [5.41, 5.74) is 1.17. The van der Waals surface area contributed by atoms with Crippen LogP contribution in [0.4, 0.5) is 22.0 Å². The number of hydrogen-bond donors (Lipinski definition) is 1. The van der Waals surface area contributed by atoms with E-state index in [1.54, 1.807) is 12.3 Å². The van der Waals surface area contributed by atoms with Gasteiger partial charge >= 0.3 is 6.18 Å². The fraction of sp³-hybridized carbons (Fsp3) is 0.0909. The topological polar surface area (TPSA) is 71.5 Å². The van der Waals surface area contributed by atoms with Crippen LogP contribution in [0.5, 0.6) is 0 Å². The Hall–Kier alpha value is -4.15. The third-order valence-corrected chi connectivity index (χ3v) is 4.95. The number of benzene rings is 2. The fourth-order valence-corrected chi connectivity index (χ4v) is 3.32. The summed E-state index contributed by atoms with van der Waals surface area (Å²) in [5.74, 6) is -1.51. The molecule has 166 valence electrons. The lowest BCUT2D eigenvalue weighted by molar-refractivity contribution is -0.745. The van der Waals surface area contributed by atoms with Crippen molar-refractivity contribution in [2.75, 3.05) is 0 Å². The van der Waals surface area contributed by atoms with E-state index >= 15 is 0 Å². The molecule has 6 nitrogen and oxygen atoms in total. The number of halogens is 5. The molecular weight excluding hydrogens is 445 g/mol. The van der Waals surface area contributed by atoms with Crippen LogP contribution < -0.4 is 4.68 Å². The molecule has 33 heavy (non-hydrogen) atoms. The van der Waals surface area contributed by atoms with Crippen molar-refractivity contribution in [3.63, 3.8) is 0 Å². The number of hydrogen-bond acceptors (Lipinski definition) is 4. The van der Waals surface area contributed by atoms with Crippen LogP contribution in [0.1, 0.15) is 11.3 Å². The predicted molar refractivity (Wildman–Crippen MR) is 105 cm³/mol. The fourth-order valence-electron chi connectivity index (χ4n) is 3.32. The van der Waals surface area contributed by atoms with Crippen LogP contribution in [0, 0.1) is 11.6 Å². The summed E-state index contributed by atoms with van der Waals surface area (Å²) in [5, 5.41) is 8.17. The SMILES string of the molecule is Fc1cccc(-c2nc3cn[n+](Cc4cc(-c5ccc(C(F)(F)F)cc5)on4)cc3[nH]2)c1F. The maximum Gasteiger partial charge on any atom is 0.416 e. The van der Waals surface area contributed by atoms with Crippen molar-refractivity contribution in [3.8, 4) is 22.7 Å². The molecule has 0 spiro atoms. The lowest BCUT2D eigenvalue weighted by Gasteiger charge is -2.06. The minimum absolute atomic E-state index is 0.00423. The molecule has 0 aliphatic heterocycles. The van der Waals surface area contributed by atoms with Crippen LogP contribution in [-0.4, -0.2) is 20.2 Å². The van der Waals surface area contributed by atoms with Crippen LogP contribution in [0.15, 0.2) is 65.4 Å². The summed E-state index contributed by atoms with van der Waals surface area (Å²) in [7, 11) is 0. The van der Waals surface area contributed by atoms with Crippen LogP contribution in [0.3, 0.4) is 0 Å². The second kappa shape index (κ2) is 7.76. The first kappa shape index (κ1) is 20.7. The summed E-state index contributed by atoms with van der Waals surface area (Å²) < 4.78 is 72.6. The molecule has 0 amide bonds. The number of fused-ring (bicyclic) bond motifs is 1. The molecular formula is C22H13F5N5O+. The van der Waals surface area contributed by atoms with Gasteiger partial charge in [0.1, 0.15) is 23.1 Å². The van der Waals surface area contributed by atoms with Gasteiger partial charge in [0.05, 0.1) is 11.1 Å². The molecule has 5 rings (SSSR count). The molecule has 11 heteroatoms. The number of nitrogens with zero attached hydrogens (tertiary/aromatic N) is 4.